The van der Waals surface area contributed by atoms with Crippen molar-refractivity contribution in [2.24, 2.45) is 4.99 Å². The first-order valence-electron chi connectivity index (χ1n) is 10.9. The molecule has 6 heteroatoms. The number of unbranched alkanes of at least 4 members (excludes halogenated alkanes) is 2. The molecule has 0 amide bonds. The molecule has 0 atom stereocenters. The molecule has 0 unspecified atom stereocenters. The number of aliphatic imine (C=N–C) groups is 1. The van der Waals surface area contributed by atoms with Gasteiger partial charge < -0.3 is 15.5 Å². The summed E-state index contributed by atoms with van der Waals surface area (Å²) in [6, 6.07) is 0.549. The maximum Gasteiger partial charge on any atom is 0.191 e. The van der Waals surface area contributed by atoms with Crippen molar-refractivity contribution in [3.8, 4) is 0 Å². The molecule has 0 radical (unpaired) electrons. The van der Waals surface area contributed by atoms with E-state index in [2.05, 4.69) is 33.9 Å². The molecule has 2 saturated heterocycles. The summed E-state index contributed by atoms with van der Waals surface area (Å²) in [5.41, 5.74) is 0. The van der Waals surface area contributed by atoms with Crippen LogP contribution in [0.15, 0.2) is 17.6 Å². The lowest BCUT2D eigenvalue weighted by Crippen LogP contribution is -2.48. The Balaban J connectivity index is 0.00000364. The quantitative estimate of drug-likeness (QED) is 0.162. The molecule has 5 nitrogen and oxygen atoms in total. The van der Waals surface area contributed by atoms with E-state index in [1.807, 2.05) is 6.08 Å². The van der Waals surface area contributed by atoms with Crippen LogP contribution in [0.1, 0.15) is 58.3 Å². The molecule has 2 aliphatic heterocycles. The van der Waals surface area contributed by atoms with Crippen LogP contribution >= 0.6 is 24.0 Å². The van der Waals surface area contributed by atoms with E-state index in [1.54, 1.807) is 0 Å². The lowest BCUT2D eigenvalue weighted by atomic mass is 10.1. The first-order valence-corrected chi connectivity index (χ1v) is 10.9. The summed E-state index contributed by atoms with van der Waals surface area (Å²) < 4.78 is 0. The van der Waals surface area contributed by atoms with Gasteiger partial charge in [0.15, 0.2) is 5.96 Å². The molecule has 0 aromatic heterocycles. The summed E-state index contributed by atoms with van der Waals surface area (Å²) in [4.78, 5) is 9.90. The zero-order chi connectivity index (χ0) is 18.5. The van der Waals surface area contributed by atoms with Gasteiger partial charge >= 0.3 is 0 Å². The predicted molar refractivity (Wildman–Crippen MR) is 128 cm³/mol. The lowest BCUT2D eigenvalue weighted by Gasteiger charge is -2.32. The molecule has 27 heavy (non-hydrogen) atoms. The smallest absolute Gasteiger partial charge is 0.191 e. The number of guanidine groups is 1. The van der Waals surface area contributed by atoms with E-state index in [9.17, 15) is 0 Å². The highest BCUT2D eigenvalue weighted by molar-refractivity contribution is 14.0. The summed E-state index contributed by atoms with van der Waals surface area (Å²) in [6.45, 7) is 15.1. The van der Waals surface area contributed by atoms with E-state index in [4.69, 9.17) is 4.99 Å². The van der Waals surface area contributed by atoms with Gasteiger partial charge in [0.1, 0.15) is 0 Å². The number of hydrogen-bond donors (Lipinski definition) is 2. The summed E-state index contributed by atoms with van der Waals surface area (Å²) in [7, 11) is 0. The Morgan fingerprint density at radius 1 is 1.04 bits per heavy atom. The summed E-state index contributed by atoms with van der Waals surface area (Å²) in [6.07, 6.45) is 12.4. The fraction of sp³-hybridized carbons (Fsp3) is 0.857. The second-order valence-corrected chi connectivity index (χ2v) is 7.73. The third-order valence-corrected chi connectivity index (χ3v) is 5.51. The third-order valence-electron chi connectivity index (χ3n) is 5.51. The van der Waals surface area contributed by atoms with Crippen molar-refractivity contribution >= 4 is 29.9 Å². The SMILES string of the molecule is C=CCN1CCC(NC(=NCCCCCN2CCCCC2)NCC)CC1.I. The Hall–Kier alpha value is -0.340. The topological polar surface area (TPSA) is 42.9 Å². The minimum Gasteiger partial charge on any atom is -0.357 e. The maximum atomic E-state index is 4.80. The third kappa shape index (κ3) is 10.7. The highest BCUT2D eigenvalue weighted by Crippen LogP contribution is 2.11. The van der Waals surface area contributed by atoms with Gasteiger partial charge in [-0.1, -0.05) is 18.9 Å². The average molecular weight is 492 g/mol. The Bertz CT molecular complexity index is 401. The van der Waals surface area contributed by atoms with E-state index in [-0.39, 0.29) is 24.0 Å². The van der Waals surface area contributed by atoms with Crippen LogP contribution in [0.4, 0.5) is 0 Å². The van der Waals surface area contributed by atoms with E-state index in [1.165, 1.54) is 71.0 Å². The Labute approximate surface area is 184 Å². The predicted octanol–water partition coefficient (Wildman–Crippen LogP) is 3.47. The molecule has 0 saturated carbocycles. The van der Waals surface area contributed by atoms with Crippen LogP contribution < -0.4 is 10.6 Å². The molecule has 2 N–H and O–H groups in total. The number of rotatable bonds is 10. The molecule has 0 aromatic rings. The number of nitrogens with one attached hydrogen (secondary N) is 2. The molecular formula is C21H42IN5. The molecule has 0 spiro atoms. The number of halogens is 1. The number of piperidine rings is 2. The molecule has 0 bridgehead atoms. The van der Waals surface area contributed by atoms with Crippen molar-refractivity contribution in [2.75, 3.05) is 52.4 Å². The van der Waals surface area contributed by atoms with Crippen molar-refractivity contribution in [1.29, 1.82) is 0 Å². The number of hydrogen-bond acceptors (Lipinski definition) is 3. The molecule has 158 valence electrons. The van der Waals surface area contributed by atoms with Gasteiger partial charge in [-0.25, -0.2) is 0 Å². The van der Waals surface area contributed by atoms with Crippen molar-refractivity contribution < 1.29 is 0 Å². The zero-order valence-electron chi connectivity index (χ0n) is 17.4. The van der Waals surface area contributed by atoms with E-state index in [0.717, 1.165) is 38.7 Å². The van der Waals surface area contributed by atoms with E-state index < -0.39 is 0 Å². The Morgan fingerprint density at radius 3 is 2.44 bits per heavy atom. The van der Waals surface area contributed by atoms with Crippen LogP contribution in [-0.2, 0) is 0 Å². The first kappa shape index (κ1) is 24.7. The first-order chi connectivity index (χ1) is 12.8. The summed E-state index contributed by atoms with van der Waals surface area (Å²) in [5, 5.41) is 7.05. The largest absolute Gasteiger partial charge is 0.357 e. The van der Waals surface area contributed by atoms with Crippen molar-refractivity contribution in [3.63, 3.8) is 0 Å². The van der Waals surface area contributed by atoms with Gasteiger partial charge in [0.05, 0.1) is 0 Å². The van der Waals surface area contributed by atoms with Crippen LogP contribution in [0.2, 0.25) is 0 Å². The fourth-order valence-electron chi connectivity index (χ4n) is 3.95. The molecule has 2 rings (SSSR count). The monoisotopic (exact) mass is 491 g/mol. The van der Waals surface area contributed by atoms with Crippen molar-refractivity contribution in [3.05, 3.63) is 12.7 Å². The van der Waals surface area contributed by atoms with E-state index >= 15 is 0 Å². The van der Waals surface area contributed by atoms with E-state index in [0.29, 0.717) is 6.04 Å². The normalized spacial score (nSPS) is 20.1. The second kappa shape index (κ2) is 15.6. The minimum atomic E-state index is 0. The lowest BCUT2D eigenvalue weighted by molar-refractivity contribution is 0.224. The van der Waals surface area contributed by atoms with Gasteiger partial charge in [-0.15, -0.1) is 30.6 Å². The summed E-state index contributed by atoms with van der Waals surface area (Å²) in [5.74, 6) is 1.01. The van der Waals surface area contributed by atoms with Gasteiger partial charge in [-0.05, 0) is 65.1 Å². The zero-order valence-corrected chi connectivity index (χ0v) is 19.8. The molecule has 2 aliphatic rings. The van der Waals surface area contributed by atoms with Crippen LogP contribution in [0.3, 0.4) is 0 Å². The van der Waals surface area contributed by atoms with Crippen LogP contribution in [0.5, 0.6) is 0 Å². The van der Waals surface area contributed by atoms with Crippen molar-refractivity contribution in [2.45, 2.75) is 64.3 Å². The van der Waals surface area contributed by atoms with Gasteiger partial charge in [0.25, 0.3) is 0 Å². The molecule has 0 aliphatic carbocycles. The minimum absolute atomic E-state index is 0. The average Bonchev–Trinajstić information content (AvgIpc) is 2.67. The molecule has 2 fully saturated rings. The Kier molecular flexibility index (Phi) is 14.2. The van der Waals surface area contributed by atoms with Crippen LogP contribution in [0, 0.1) is 0 Å². The van der Waals surface area contributed by atoms with Gasteiger partial charge in [0, 0.05) is 38.8 Å². The number of likely N-dealkylation sites (tertiary alicyclic amines) is 2. The van der Waals surface area contributed by atoms with Crippen molar-refractivity contribution in [1.82, 2.24) is 20.4 Å². The van der Waals surface area contributed by atoms with Gasteiger partial charge in [0.2, 0.25) is 0 Å². The maximum absolute atomic E-state index is 4.80. The number of nitrogens with zero attached hydrogens (tertiary/aromatic N) is 3. The van der Waals surface area contributed by atoms with Crippen LogP contribution in [-0.4, -0.2) is 74.2 Å². The molecule has 2 heterocycles. The Morgan fingerprint density at radius 2 is 1.78 bits per heavy atom. The fourth-order valence-corrected chi connectivity index (χ4v) is 3.95. The standard InChI is InChI=1S/C21H41N5.HI/c1-3-14-25-18-11-20(12-19-25)24-21(22-4-2)23-13-7-5-8-15-26-16-9-6-10-17-26;/h3,20H,1,4-19H2,2H3,(H2,22,23,24);1H. The van der Waals surface area contributed by atoms with Gasteiger partial charge in [-0.2, -0.15) is 0 Å². The molecular weight excluding hydrogens is 449 g/mol. The second-order valence-electron chi connectivity index (χ2n) is 7.73. The summed E-state index contributed by atoms with van der Waals surface area (Å²) >= 11 is 0. The van der Waals surface area contributed by atoms with Gasteiger partial charge in [-0.3, -0.25) is 9.89 Å². The van der Waals surface area contributed by atoms with Crippen LogP contribution in [0.25, 0.3) is 0 Å². The highest BCUT2D eigenvalue weighted by atomic mass is 127. The highest BCUT2D eigenvalue weighted by Gasteiger charge is 2.18. The molecule has 0 aromatic carbocycles.